The van der Waals surface area contributed by atoms with Crippen molar-refractivity contribution in [3.63, 3.8) is 0 Å². The number of amides is 1. The molecule has 0 N–H and O–H groups in total. The molecule has 126 valence electrons. The van der Waals surface area contributed by atoms with E-state index >= 15 is 0 Å². The van der Waals surface area contributed by atoms with Crippen molar-refractivity contribution >= 4 is 23.6 Å². The number of thioether (sulfide) groups is 1. The molecule has 1 amide bonds. The Hall–Kier alpha value is -1.69. The van der Waals surface area contributed by atoms with Crippen LogP contribution in [0.2, 0.25) is 0 Å². The Balaban J connectivity index is 2.32. The third-order valence-electron chi connectivity index (χ3n) is 3.71. The van der Waals surface area contributed by atoms with E-state index < -0.39 is 6.04 Å². The van der Waals surface area contributed by atoms with Gasteiger partial charge in [-0.15, -0.1) is 11.8 Å². The Bertz CT molecular complexity index is 575. The first-order chi connectivity index (χ1) is 11.0. The number of methoxy groups -OCH3 is 1. The average molecular weight is 337 g/mol. The molecule has 1 aromatic rings. The monoisotopic (exact) mass is 337 g/mol. The van der Waals surface area contributed by atoms with E-state index in [1.807, 2.05) is 0 Å². The molecule has 0 radical (unpaired) electrons. The van der Waals surface area contributed by atoms with Crippen LogP contribution in [0.15, 0.2) is 24.3 Å². The number of esters is 1. The smallest absolute Gasteiger partial charge is 0.329 e. The molecule has 23 heavy (non-hydrogen) atoms. The Morgan fingerprint density at radius 1 is 1.39 bits per heavy atom. The summed E-state index contributed by atoms with van der Waals surface area (Å²) in [6, 6.07) is 6.47. The fourth-order valence-electron chi connectivity index (χ4n) is 2.62. The summed E-state index contributed by atoms with van der Waals surface area (Å²) in [7, 11) is 1.56. The van der Waals surface area contributed by atoms with Gasteiger partial charge in [0, 0.05) is 11.3 Å². The van der Waals surface area contributed by atoms with Crippen LogP contribution in [0.25, 0.3) is 0 Å². The van der Waals surface area contributed by atoms with Crippen LogP contribution in [0.3, 0.4) is 0 Å². The molecule has 0 bridgehead atoms. The van der Waals surface area contributed by atoms with Gasteiger partial charge < -0.3 is 14.4 Å². The Morgan fingerprint density at radius 2 is 2.13 bits per heavy atom. The molecule has 1 fully saturated rings. The minimum atomic E-state index is -0.536. The van der Waals surface area contributed by atoms with E-state index in [0.717, 1.165) is 0 Å². The lowest BCUT2D eigenvalue weighted by Gasteiger charge is -2.30. The van der Waals surface area contributed by atoms with E-state index in [0.29, 0.717) is 23.7 Å². The molecule has 6 heteroatoms. The molecule has 2 unspecified atom stereocenters. The number of carbonyl (C=O) groups excluding carboxylic acids is 2. The predicted molar refractivity (Wildman–Crippen MR) is 90.7 cm³/mol. The molecule has 2 rings (SSSR count). The molecular weight excluding hydrogens is 314 g/mol. The lowest BCUT2D eigenvalue weighted by atomic mass is 10.1. The first-order valence-electron chi connectivity index (χ1n) is 7.74. The average Bonchev–Trinajstić information content (AvgIpc) is 2.99. The molecule has 0 aliphatic carbocycles. The lowest BCUT2D eigenvalue weighted by Crippen LogP contribution is -2.47. The third-order valence-corrected chi connectivity index (χ3v) is 5.34. The minimum Gasteiger partial charge on any atom is -0.497 e. The summed E-state index contributed by atoms with van der Waals surface area (Å²) in [6.45, 7) is 6.19. The second-order valence-corrected chi connectivity index (χ2v) is 6.83. The molecular formula is C17H23NO4S. The van der Waals surface area contributed by atoms with E-state index in [2.05, 4.69) is 13.8 Å². The van der Waals surface area contributed by atoms with Crippen molar-refractivity contribution in [2.45, 2.75) is 32.2 Å². The maximum Gasteiger partial charge on any atom is 0.329 e. The number of carbonyl (C=O) groups is 2. The zero-order valence-corrected chi connectivity index (χ0v) is 14.8. The highest BCUT2D eigenvalue weighted by Gasteiger charge is 2.43. The molecule has 0 saturated carbocycles. The van der Waals surface area contributed by atoms with Gasteiger partial charge in [0.05, 0.1) is 19.1 Å². The summed E-state index contributed by atoms with van der Waals surface area (Å²) in [4.78, 5) is 26.9. The molecule has 1 heterocycles. The van der Waals surface area contributed by atoms with Crippen LogP contribution in [-0.4, -0.2) is 47.7 Å². The highest BCUT2D eigenvalue weighted by molar-refractivity contribution is 8.00. The van der Waals surface area contributed by atoms with Crippen LogP contribution < -0.4 is 4.74 Å². The molecule has 1 aromatic carbocycles. The first kappa shape index (κ1) is 17.7. The van der Waals surface area contributed by atoms with Crippen LogP contribution in [-0.2, 0) is 9.53 Å². The normalized spacial score (nSPS) is 20.7. The van der Waals surface area contributed by atoms with Crippen molar-refractivity contribution in [1.82, 2.24) is 4.90 Å². The summed E-state index contributed by atoms with van der Waals surface area (Å²) in [6.07, 6.45) is 0. The molecule has 0 aromatic heterocycles. The maximum absolute atomic E-state index is 13.0. The highest BCUT2D eigenvalue weighted by Crippen LogP contribution is 2.36. The van der Waals surface area contributed by atoms with Gasteiger partial charge in [0.15, 0.2) is 0 Å². The number of benzene rings is 1. The number of rotatable bonds is 5. The minimum absolute atomic E-state index is 0.0388. The lowest BCUT2D eigenvalue weighted by molar-refractivity contribution is -0.147. The summed E-state index contributed by atoms with van der Waals surface area (Å²) in [5, 5.41) is -0.0388. The van der Waals surface area contributed by atoms with Crippen LogP contribution in [0.4, 0.5) is 0 Å². The SMILES string of the molecule is CCOC(=O)C1CSC(C(C)C)N1C(=O)c1cccc(OC)c1. The van der Waals surface area contributed by atoms with Gasteiger partial charge in [0.25, 0.3) is 5.91 Å². The van der Waals surface area contributed by atoms with Gasteiger partial charge in [-0.05, 0) is 31.0 Å². The summed E-state index contributed by atoms with van der Waals surface area (Å²) in [5.74, 6) is 0.938. The van der Waals surface area contributed by atoms with E-state index in [4.69, 9.17) is 9.47 Å². The summed E-state index contributed by atoms with van der Waals surface area (Å²) in [5.41, 5.74) is 0.520. The molecule has 1 aliphatic rings. The number of nitrogens with zero attached hydrogens (tertiary/aromatic N) is 1. The molecule has 5 nitrogen and oxygen atoms in total. The van der Waals surface area contributed by atoms with Gasteiger partial charge in [0.1, 0.15) is 11.8 Å². The molecule has 0 spiro atoms. The Morgan fingerprint density at radius 3 is 2.74 bits per heavy atom. The van der Waals surface area contributed by atoms with Gasteiger partial charge in [-0.1, -0.05) is 19.9 Å². The number of hydrogen-bond donors (Lipinski definition) is 0. The van der Waals surface area contributed by atoms with E-state index in [1.165, 1.54) is 0 Å². The third kappa shape index (κ3) is 3.80. The van der Waals surface area contributed by atoms with Crippen LogP contribution in [0.5, 0.6) is 5.75 Å². The second-order valence-electron chi connectivity index (χ2n) is 5.68. The number of ether oxygens (including phenoxy) is 2. The van der Waals surface area contributed by atoms with Gasteiger partial charge in [-0.25, -0.2) is 4.79 Å². The van der Waals surface area contributed by atoms with E-state index in [9.17, 15) is 9.59 Å². The predicted octanol–water partition coefficient (Wildman–Crippen LogP) is 2.80. The second kappa shape index (κ2) is 7.73. The largest absolute Gasteiger partial charge is 0.497 e. The van der Waals surface area contributed by atoms with Gasteiger partial charge >= 0.3 is 5.97 Å². The molecule has 2 atom stereocenters. The fourth-order valence-corrected chi connectivity index (χ4v) is 4.09. The van der Waals surface area contributed by atoms with Gasteiger partial charge in [-0.3, -0.25) is 4.79 Å². The summed E-state index contributed by atoms with van der Waals surface area (Å²) >= 11 is 1.63. The number of hydrogen-bond acceptors (Lipinski definition) is 5. The van der Waals surface area contributed by atoms with E-state index in [-0.39, 0.29) is 23.2 Å². The van der Waals surface area contributed by atoms with Gasteiger partial charge in [0.2, 0.25) is 0 Å². The highest BCUT2D eigenvalue weighted by atomic mass is 32.2. The maximum atomic E-state index is 13.0. The Kier molecular flexibility index (Phi) is 5.93. The van der Waals surface area contributed by atoms with Crippen molar-refractivity contribution in [2.24, 2.45) is 5.92 Å². The zero-order valence-electron chi connectivity index (χ0n) is 13.9. The van der Waals surface area contributed by atoms with Crippen molar-refractivity contribution in [3.8, 4) is 5.75 Å². The van der Waals surface area contributed by atoms with Crippen molar-refractivity contribution in [1.29, 1.82) is 0 Å². The first-order valence-corrected chi connectivity index (χ1v) is 8.79. The topological polar surface area (TPSA) is 55.8 Å². The van der Waals surface area contributed by atoms with Crippen molar-refractivity contribution < 1.29 is 19.1 Å². The summed E-state index contributed by atoms with van der Waals surface area (Å²) < 4.78 is 10.3. The van der Waals surface area contributed by atoms with Crippen LogP contribution in [0, 0.1) is 5.92 Å². The van der Waals surface area contributed by atoms with Crippen molar-refractivity contribution in [2.75, 3.05) is 19.5 Å². The standard InChI is InChI=1S/C17H23NO4S/c1-5-22-17(20)14-10-23-16(11(2)3)18(14)15(19)12-7-6-8-13(9-12)21-4/h6-9,11,14,16H,5,10H2,1-4H3. The van der Waals surface area contributed by atoms with Crippen LogP contribution >= 0.6 is 11.8 Å². The quantitative estimate of drug-likeness (QED) is 0.773. The van der Waals surface area contributed by atoms with E-state index in [1.54, 1.807) is 55.0 Å². The fraction of sp³-hybridized carbons (Fsp3) is 0.529. The molecule has 1 aliphatic heterocycles. The van der Waals surface area contributed by atoms with Crippen LogP contribution in [0.1, 0.15) is 31.1 Å². The van der Waals surface area contributed by atoms with Crippen molar-refractivity contribution in [3.05, 3.63) is 29.8 Å². The Labute approximate surface area is 141 Å². The molecule has 1 saturated heterocycles. The zero-order chi connectivity index (χ0) is 17.0. The van der Waals surface area contributed by atoms with Gasteiger partial charge in [-0.2, -0.15) is 0 Å².